The molecule has 3 unspecified atom stereocenters. The lowest BCUT2D eigenvalue weighted by Gasteiger charge is -2.40. The molecule has 1 fully saturated rings. The van der Waals surface area contributed by atoms with Crippen LogP contribution in [0.4, 0.5) is 4.39 Å². The van der Waals surface area contributed by atoms with Crippen molar-refractivity contribution in [3.8, 4) is 0 Å². The standard InChI is InChI=1S/C14H21FN2O/c1-10-9-18-8-7-17(10)11(2)14(16)12-3-5-13(15)6-4-12/h3-6,10-11,14H,7-9,16H2,1-2H3. The Kier molecular flexibility index (Phi) is 4.32. The first kappa shape index (κ1) is 13.5. The average molecular weight is 252 g/mol. The summed E-state index contributed by atoms with van der Waals surface area (Å²) in [6.07, 6.45) is 0. The number of ether oxygens (including phenoxy) is 1. The summed E-state index contributed by atoms with van der Waals surface area (Å²) in [6, 6.07) is 6.94. The zero-order valence-corrected chi connectivity index (χ0v) is 11.0. The fraction of sp³-hybridized carbons (Fsp3) is 0.571. The predicted octanol–water partition coefficient (Wildman–Crippen LogP) is 1.93. The lowest BCUT2D eigenvalue weighted by molar-refractivity contribution is -0.0233. The first-order chi connectivity index (χ1) is 8.59. The molecule has 0 radical (unpaired) electrons. The Morgan fingerprint density at radius 2 is 2.06 bits per heavy atom. The fourth-order valence-electron chi connectivity index (χ4n) is 2.51. The number of nitrogens with two attached hydrogens (primary N) is 1. The maximum absolute atomic E-state index is 12.9. The van der Waals surface area contributed by atoms with Crippen LogP contribution < -0.4 is 5.73 Å². The number of rotatable bonds is 3. The minimum atomic E-state index is -0.224. The third-order valence-corrected chi connectivity index (χ3v) is 3.72. The van der Waals surface area contributed by atoms with E-state index in [-0.39, 0.29) is 17.9 Å². The molecule has 18 heavy (non-hydrogen) atoms. The molecular formula is C14H21FN2O. The number of morpholine rings is 1. The quantitative estimate of drug-likeness (QED) is 0.893. The SMILES string of the molecule is CC1COCCN1C(C)C(N)c1ccc(F)cc1. The van der Waals surface area contributed by atoms with E-state index in [1.807, 2.05) is 0 Å². The summed E-state index contributed by atoms with van der Waals surface area (Å²) in [6.45, 7) is 6.67. The van der Waals surface area contributed by atoms with Crippen LogP contribution in [0.2, 0.25) is 0 Å². The van der Waals surface area contributed by atoms with E-state index >= 15 is 0 Å². The van der Waals surface area contributed by atoms with Crippen LogP contribution in [-0.2, 0) is 4.74 Å². The molecule has 0 saturated carbocycles. The van der Waals surface area contributed by atoms with Crippen molar-refractivity contribution >= 4 is 0 Å². The van der Waals surface area contributed by atoms with Crippen LogP contribution in [0, 0.1) is 5.82 Å². The summed E-state index contributed by atoms with van der Waals surface area (Å²) in [4.78, 5) is 2.36. The van der Waals surface area contributed by atoms with Crippen LogP contribution in [0.15, 0.2) is 24.3 Å². The van der Waals surface area contributed by atoms with Crippen molar-refractivity contribution in [2.24, 2.45) is 5.73 Å². The highest BCUT2D eigenvalue weighted by atomic mass is 19.1. The number of benzene rings is 1. The van der Waals surface area contributed by atoms with Crippen LogP contribution in [0.5, 0.6) is 0 Å². The molecule has 2 N–H and O–H groups in total. The van der Waals surface area contributed by atoms with Gasteiger partial charge in [0.1, 0.15) is 5.82 Å². The van der Waals surface area contributed by atoms with Gasteiger partial charge in [-0.2, -0.15) is 0 Å². The van der Waals surface area contributed by atoms with Gasteiger partial charge in [-0.1, -0.05) is 12.1 Å². The molecule has 0 aromatic heterocycles. The first-order valence-electron chi connectivity index (χ1n) is 6.44. The lowest BCUT2D eigenvalue weighted by atomic mass is 9.98. The van der Waals surface area contributed by atoms with Crippen LogP contribution in [-0.4, -0.2) is 36.7 Å². The summed E-state index contributed by atoms with van der Waals surface area (Å²) >= 11 is 0. The normalized spacial score (nSPS) is 24.8. The molecule has 1 saturated heterocycles. The molecule has 4 heteroatoms. The predicted molar refractivity (Wildman–Crippen MR) is 69.8 cm³/mol. The molecule has 1 heterocycles. The van der Waals surface area contributed by atoms with E-state index in [1.165, 1.54) is 12.1 Å². The second-order valence-corrected chi connectivity index (χ2v) is 4.98. The number of hydrogen-bond donors (Lipinski definition) is 1. The molecule has 2 rings (SSSR count). The smallest absolute Gasteiger partial charge is 0.123 e. The van der Waals surface area contributed by atoms with Crippen molar-refractivity contribution in [2.75, 3.05) is 19.8 Å². The number of halogens is 1. The molecule has 100 valence electrons. The van der Waals surface area contributed by atoms with E-state index in [9.17, 15) is 4.39 Å². The third-order valence-electron chi connectivity index (χ3n) is 3.72. The number of hydrogen-bond acceptors (Lipinski definition) is 3. The van der Waals surface area contributed by atoms with Gasteiger partial charge in [-0.3, -0.25) is 4.90 Å². The summed E-state index contributed by atoms with van der Waals surface area (Å²) < 4.78 is 18.3. The highest BCUT2D eigenvalue weighted by molar-refractivity contribution is 5.21. The van der Waals surface area contributed by atoms with Crippen LogP contribution in [0.3, 0.4) is 0 Å². The maximum Gasteiger partial charge on any atom is 0.123 e. The largest absolute Gasteiger partial charge is 0.379 e. The van der Waals surface area contributed by atoms with Gasteiger partial charge < -0.3 is 10.5 Å². The van der Waals surface area contributed by atoms with Gasteiger partial charge >= 0.3 is 0 Å². The molecule has 0 aliphatic carbocycles. The Hall–Kier alpha value is -0.970. The molecule has 1 aromatic carbocycles. The van der Waals surface area contributed by atoms with Gasteiger partial charge in [0, 0.05) is 24.7 Å². The highest BCUT2D eigenvalue weighted by Gasteiger charge is 2.28. The summed E-state index contributed by atoms with van der Waals surface area (Å²) in [5.41, 5.74) is 7.25. The Labute approximate surface area is 108 Å². The van der Waals surface area contributed by atoms with Crippen molar-refractivity contribution in [1.82, 2.24) is 4.90 Å². The zero-order chi connectivity index (χ0) is 13.1. The van der Waals surface area contributed by atoms with E-state index in [0.717, 1.165) is 25.3 Å². The third kappa shape index (κ3) is 2.88. The van der Waals surface area contributed by atoms with Crippen molar-refractivity contribution < 1.29 is 9.13 Å². The highest BCUT2D eigenvalue weighted by Crippen LogP contribution is 2.22. The van der Waals surface area contributed by atoms with E-state index in [1.54, 1.807) is 12.1 Å². The Bertz CT molecular complexity index is 382. The van der Waals surface area contributed by atoms with Gasteiger partial charge in [0.15, 0.2) is 0 Å². The molecule has 0 bridgehead atoms. The van der Waals surface area contributed by atoms with Crippen molar-refractivity contribution in [1.29, 1.82) is 0 Å². The van der Waals surface area contributed by atoms with E-state index in [0.29, 0.717) is 6.04 Å². The lowest BCUT2D eigenvalue weighted by Crippen LogP contribution is -2.51. The number of nitrogens with zero attached hydrogens (tertiary/aromatic N) is 1. The Balaban J connectivity index is 2.07. The van der Waals surface area contributed by atoms with Gasteiger partial charge in [-0.25, -0.2) is 4.39 Å². The Morgan fingerprint density at radius 1 is 1.39 bits per heavy atom. The molecule has 0 amide bonds. The van der Waals surface area contributed by atoms with Crippen LogP contribution >= 0.6 is 0 Å². The summed E-state index contributed by atoms with van der Waals surface area (Å²) in [7, 11) is 0. The monoisotopic (exact) mass is 252 g/mol. The fourth-order valence-corrected chi connectivity index (χ4v) is 2.51. The van der Waals surface area contributed by atoms with Crippen molar-refractivity contribution in [3.63, 3.8) is 0 Å². The molecule has 3 atom stereocenters. The van der Waals surface area contributed by atoms with Crippen molar-refractivity contribution in [2.45, 2.75) is 32.0 Å². The van der Waals surface area contributed by atoms with Crippen LogP contribution in [0.25, 0.3) is 0 Å². The Morgan fingerprint density at radius 3 is 2.67 bits per heavy atom. The van der Waals surface area contributed by atoms with Gasteiger partial charge in [-0.15, -0.1) is 0 Å². The minimum absolute atomic E-state index is 0.105. The molecule has 1 aliphatic heterocycles. The topological polar surface area (TPSA) is 38.5 Å². The van der Waals surface area contributed by atoms with Crippen molar-refractivity contribution in [3.05, 3.63) is 35.6 Å². The van der Waals surface area contributed by atoms with E-state index < -0.39 is 0 Å². The second-order valence-electron chi connectivity index (χ2n) is 4.98. The maximum atomic E-state index is 12.9. The molecule has 1 aromatic rings. The molecular weight excluding hydrogens is 231 g/mol. The second kappa shape index (κ2) is 5.78. The summed E-state index contributed by atoms with van der Waals surface area (Å²) in [5, 5.41) is 0. The molecule has 0 spiro atoms. The van der Waals surface area contributed by atoms with Gasteiger partial charge in [0.2, 0.25) is 0 Å². The average Bonchev–Trinajstić information content (AvgIpc) is 2.38. The molecule has 1 aliphatic rings. The van der Waals surface area contributed by atoms with Crippen LogP contribution in [0.1, 0.15) is 25.5 Å². The zero-order valence-electron chi connectivity index (χ0n) is 11.0. The molecule has 3 nitrogen and oxygen atoms in total. The van der Waals surface area contributed by atoms with Gasteiger partial charge in [-0.05, 0) is 31.5 Å². The summed E-state index contributed by atoms with van der Waals surface area (Å²) in [5.74, 6) is -0.224. The minimum Gasteiger partial charge on any atom is -0.379 e. The van der Waals surface area contributed by atoms with E-state index in [2.05, 4.69) is 18.7 Å². The van der Waals surface area contributed by atoms with Gasteiger partial charge in [0.05, 0.1) is 13.2 Å². The van der Waals surface area contributed by atoms with Gasteiger partial charge in [0.25, 0.3) is 0 Å². The van der Waals surface area contributed by atoms with E-state index in [4.69, 9.17) is 10.5 Å². The first-order valence-corrected chi connectivity index (χ1v) is 6.44.